The highest BCUT2D eigenvalue weighted by Crippen LogP contribution is 2.29. The van der Waals surface area contributed by atoms with Gasteiger partial charge in [-0.05, 0) is 79.4 Å². The molecule has 0 saturated heterocycles. The molecule has 3 rings (SSSR count). The van der Waals surface area contributed by atoms with Gasteiger partial charge in [-0.2, -0.15) is 0 Å². The Hall–Kier alpha value is -4.66. The van der Waals surface area contributed by atoms with Crippen LogP contribution in [0.15, 0.2) is 66.7 Å². The minimum absolute atomic E-state index is 0.102. The van der Waals surface area contributed by atoms with Gasteiger partial charge in [-0.15, -0.1) is 0 Å². The van der Waals surface area contributed by atoms with Gasteiger partial charge < -0.3 is 24.8 Å². The maximum absolute atomic E-state index is 12.2. The molecule has 0 radical (unpaired) electrons. The number of rotatable bonds is 12. The second-order valence-corrected chi connectivity index (χ2v) is 9.67. The first-order valence-corrected chi connectivity index (χ1v) is 13.0. The lowest BCUT2D eigenvalue weighted by Crippen LogP contribution is -2.21. The third-order valence-corrected chi connectivity index (χ3v) is 5.64. The molecular weight excluding hydrogens is 512 g/mol. The van der Waals surface area contributed by atoms with Gasteiger partial charge in [-0.25, -0.2) is 4.79 Å². The molecule has 0 saturated carbocycles. The quantitative estimate of drug-likeness (QED) is 0.275. The van der Waals surface area contributed by atoms with E-state index < -0.39 is 24.5 Å². The van der Waals surface area contributed by atoms with E-state index in [-0.39, 0.29) is 24.7 Å². The number of hydrogen-bond acceptors (Lipinski definition) is 7. The van der Waals surface area contributed by atoms with E-state index in [0.717, 1.165) is 16.9 Å². The number of esters is 2. The fourth-order valence-electron chi connectivity index (χ4n) is 3.55. The zero-order valence-electron chi connectivity index (χ0n) is 23.1. The van der Waals surface area contributed by atoms with Gasteiger partial charge in [0, 0.05) is 17.8 Å². The Bertz CT molecular complexity index is 1310. The number of carbonyl (C=O) groups is 4. The Morgan fingerprint density at radius 1 is 0.725 bits per heavy atom. The van der Waals surface area contributed by atoms with Gasteiger partial charge in [0.2, 0.25) is 5.91 Å². The third kappa shape index (κ3) is 9.58. The van der Waals surface area contributed by atoms with Crippen LogP contribution in [0.3, 0.4) is 0 Å². The molecule has 0 unspecified atom stereocenters. The molecule has 9 heteroatoms. The fourth-order valence-corrected chi connectivity index (χ4v) is 3.55. The third-order valence-electron chi connectivity index (χ3n) is 5.64. The summed E-state index contributed by atoms with van der Waals surface area (Å²) in [4.78, 5) is 48.3. The van der Waals surface area contributed by atoms with E-state index in [1.165, 1.54) is 12.1 Å². The minimum atomic E-state index is -0.675. The van der Waals surface area contributed by atoms with E-state index in [0.29, 0.717) is 29.3 Å². The topological polar surface area (TPSA) is 120 Å². The molecule has 2 amide bonds. The van der Waals surface area contributed by atoms with Crippen molar-refractivity contribution in [3.63, 3.8) is 0 Å². The van der Waals surface area contributed by atoms with E-state index in [1.54, 1.807) is 36.4 Å². The number of ether oxygens (including phenoxy) is 3. The van der Waals surface area contributed by atoms with Gasteiger partial charge in [0.15, 0.2) is 6.61 Å². The van der Waals surface area contributed by atoms with E-state index in [4.69, 9.17) is 14.2 Å². The van der Waals surface area contributed by atoms with Crippen LogP contribution in [-0.4, -0.2) is 37.0 Å². The number of benzene rings is 3. The van der Waals surface area contributed by atoms with Crippen LogP contribution in [0.1, 0.15) is 48.2 Å². The number of anilines is 2. The average Bonchev–Trinajstić information content (AvgIpc) is 2.93. The number of nitrogens with one attached hydrogen (secondary N) is 2. The van der Waals surface area contributed by atoms with Gasteiger partial charge in [-0.1, -0.05) is 32.0 Å². The molecule has 0 aliphatic rings. The van der Waals surface area contributed by atoms with Crippen molar-refractivity contribution in [1.82, 2.24) is 0 Å². The summed E-state index contributed by atoms with van der Waals surface area (Å²) in [7, 11) is 0. The molecule has 0 bridgehead atoms. The normalized spacial score (nSPS) is 10.5. The lowest BCUT2D eigenvalue weighted by atomic mass is 10.1. The molecule has 9 nitrogen and oxygen atoms in total. The predicted octanol–water partition coefficient (Wildman–Crippen LogP) is 5.81. The number of aryl methyl sites for hydroxylation is 2. The molecule has 0 fully saturated rings. The molecule has 0 atom stereocenters. The Labute approximate surface area is 233 Å². The molecule has 0 spiro atoms. The molecule has 210 valence electrons. The number of carbonyl (C=O) groups excluding carboxylic acids is 4. The predicted molar refractivity (Wildman–Crippen MR) is 151 cm³/mol. The van der Waals surface area contributed by atoms with Crippen LogP contribution in [0, 0.1) is 19.8 Å². The van der Waals surface area contributed by atoms with Crippen LogP contribution >= 0.6 is 0 Å². The summed E-state index contributed by atoms with van der Waals surface area (Å²) in [6.07, 6.45) is -0.282. The standard InChI is InChI=1S/C31H34N2O7/c1-20(2)18-39-31(37)23-8-10-24(11-9-23)33-28(35)19-38-29(36)17-16-27(34)32-25-12-14-26(15-13-25)40-30-21(3)6-5-7-22(30)4/h5-15,20H,16-19H2,1-4H3,(H,32,34)(H,33,35). The van der Waals surface area contributed by atoms with Crippen molar-refractivity contribution in [2.45, 2.75) is 40.5 Å². The summed E-state index contributed by atoms with van der Waals surface area (Å²) in [5.41, 5.74) is 3.41. The Morgan fingerprint density at radius 3 is 1.90 bits per heavy atom. The van der Waals surface area contributed by atoms with Crippen LogP contribution in [0.25, 0.3) is 0 Å². The average molecular weight is 547 g/mol. The van der Waals surface area contributed by atoms with Crippen molar-refractivity contribution in [2.24, 2.45) is 5.92 Å². The minimum Gasteiger partial charge on any atom is -0.462 e. The van der Waals surface area contributed by atoms with Crippen molar-refractivity contribution >= 4 is 35.1 Å². The summed E-state index contributed by atoms with van der Waals surface area (Å²) < 4.78 is 16.1. The second-order valence-electron chi connectivity index (χ2n) is 9.67. The molecule has 40 heavy (non-hydrogen) atoms. The van der Waals surface area contributed by atoms with Gasteiger partial charge in [-0.3, -0.25) is 14.4 Å². The lowest BCUT2D eigenvalue weighted by molar-refractivity contribution is -0.147. The maximum atomic E-state index is 12.2. The zero-order valence-corrected chi connectivity index (χ0v) is 23.1. The van der Waals surface area contributed by atoms with Crippen LogP contribution in [0.4, 0.5) is 11.4 Å². The van der Waals surface area contributed by atoms with Crippen LogP contribution < -0.4 is 15.4 Å². The van der Waals surface area contributed by atoms with E-state index in [9.17, 15) is 19.2 Å². The van der Waals surface area contributed by atoms with Crippen LogP contribution in [0.5, 0.6) is 11.5 Å². The van der Waals surface area contributed by atoms with E-state index in [2.05, 4.69) is 10.6 Å². The summed E-state index contributed by atoms with van der Waals surface area (Å²) in [5, 5.41) is 5.30. The van der Waals surface area contributed by atoms with Crippen molar-refractivity contribution in [1.29, 1.82) is 0 Å². The Balaban J connectivity index is 1.36. The fraction of sp³-hybridized carbons (Fsp3) is 0.290. The highest BCUT2D eigenvalue weighted by atomic mass is 16.5. The number of hydrogen-bond donors (Lipinski definition) is 2. The van der Waals surface area contributed by atoms with Crippen molar-refractivity contribution in [3.05, 3.63) is 83.4 Å². The first-order chi connectivity index (χ1) is 19.1. The molecular formula is C31H34N2O7. The summed E-state index contributed by atoms with van der Waals surface area (Å²) in [6.45, 7) is 7.66. The highest BCUT2D eigenvalue weighted by Gasteiger charge is 2.13. The first kappa shape index (κ1) is 29.9. The monoisotopic (exact) mass is 546 g/mol. The molecule has 0 aliphatic heterocycles. The molecule has 2 N–H and O–H groups in total. The van der Waals surface area contributed by atoms with E-state index in [1.807, 2.05) is 45.9 Å². The SMILES string of the molecule is Cc1cccc(C)c1Oc1ccc(NC(=O)CCC(=O)OCC(=O)Nc2ccc(C(=O)OCC(C)C)cc2)cc1. The van der Waals surface area contributed by atoms with Crippen LogP contribution in [-0.2, 0) is 23.9 Å². The summed E-state index contributed by atoms with van der Waals surface area (Å²) in [6, 6.07) is 19.0. The maximum Gasteiger partial charge on any atom is 0.338 e. The van der Waals surface area contributed by atoms with Crippen molar-refractivity contribution < 1.29 is 33.4 Å². The summed E-state index contributed by atoms with van der Waals surface area (Å²) in [5.74, 6) is -0.365. The number of amides is 2. The smallest absolute Gasteiger partial charge is 0.338 e. The largest absolute Gasteiger partial charge is 0.462 e. The second kappa shape index (κ2) is 14.5. The van der Waals surface area contributed by atoms with E-state index >= 15 is 0 Å². The Morgan fingerprint density at radius 2 is 1.30 bits per heavy atom. The highest BCUT2D eigenvalue weighted by molar-refractivity contribution is 5.95. The molecule has 0 heterocycles. The van der Waals surface area contributed by atoms with Crippen LogP contribution in [0.2, 0.25) is 0 Å². The molecule has 3 aromatic carbocycles. The molecule has 0 aliphatic carbocycles. The van der Waals surface area contributed by atoms with Gasteiger partial charge in [0.05, 0.1) is 18.6 Å². The molecule has 3 aromatic rings. The van der Waals surface area contributed by atoms with Gasteiger partial charge in [0.25, 0.3) is 5.91 Å². The van der Waals surface area contributed by atoms with Gasteiger partial charge in [0.1, 0.15) is 11.5 Å². The number of para-hydroxylation sites is 1. The van der Waals surface area contributed by atoms with Crippen molar-refractivity contribution in [3.8, 4) is 11.5 Å². The Kier molecular flexibility index (Phi) is 10.8. The van der Waals surface area contributed by atoms with Gasteiger partial charge >= 0.3 is 11.9 Å². The molecule has 0 aromatic heterocycles. The summed E-state index contributed by atoms with van der Waals surface area (Å²) >= 11 is 0. The lowest BCUT2D eigenvalue weighted by Gasteiger charge is -2.12. The zero-order chi connectivity index (χ0) is 29.1. The van der Waals surface area contributed by atoms with Crippen molar-refractivity contribution in [2.75, 3.05) is 23.8 Å². The first-order valence-electron chi connectivity index (χ1n) is 13.0.